The number of carbonyl (C=O) groups is 1. The van der Waals surface area contributed by atoms with Gasteiger partial charge in [0.1, 0.15) is 0 Å². The smallest absolute Gasteiger partial charge is 0.338 e. The molecule has 0 atom stereocenters. The van der Waals surface area contributed by atoms with Crippen LogP contribution in [0, 0.1) is 0 Å². The lowest BCUT2D eigenvalue weighted by atomic mass is 10.3. The van der Waals surface area contributed by atoms with E-state index in [4.69, 9.17) is 5.73 Å². The summed E-state index contributed by atoms with van der Waals surface area (Å²) in [5, 5.41) is 1.74. The van der Waals surface area contributed by atoms with Crippen molar-refractivity contribution in [2.45, 2.75) is 6.54 Å². The predicted molar refractivity (Wildman–Crippen MR) is 43.5 cm³/mol. The molecule has 1 rings (SSSR count). The molecule has 0 spiro atoms. The third-order valence-electron chi connectivity index (χ3n) is 1.28. The fraction of sp³-hybridized carbons (Fsp3) is 0.286. The van der Waals surface area contributed by atoms with Crippen LogP contribution >= 0.6 is 11.3 Å². The maximum absolute atomic E-state index is 10.9. The molecule has 0 aromatic carbocycles. The van der Waals surface area contributed by atoms with Crippen LogP contribution in [0.1, 0.15) is 15.2 Å². The van der Waals surface area contributed by atoms with Crippen molar-refractivity contribution < 1.29 is 9.53 Å². The Labute approximate surface area is 68.8 Å². The zero-order chi connectivity index (χ0) is 8.27. The minimum Gasteiger partial charge on any atom is -0.465 e. The lowest BCUT2D eigenvalue weighted by Gasteiger charge is -1.91. The molecular formula is C7H9NO2S. The van der Waals surface area contributed by atoms with Gasteiger partial charge < -0.3 is 10.5 Å². The van der Waals surface area contributed by atoms with E-state index in [1.54, 1.807) is 11.4 Å². The van der Waals surface area contributed by atoms with Gasteiger partial charge in [0.2, 0.25) is 0 Å². The van der Waals surface area contributed by atoms with Gasteiger partial charge in [-0.2, -0.15) is 0 Å². The van der Waals surface area contributed by atoms with E-state index in [0.29, 0.717) is 12.1 Å². The van der Waals surface area contributed by atoms with Gasteiger partial charge in [-0.1, -0.05) is 0 Å². The van der Waals surface area contributed by atoms with Crippen molar-refractivity contribution in [1.29, 1.82) is 0 Å². The van der Waals surface area contributed by atoms with Gasteiger partial charge >= 0.3 is 5.97 Å². The molecule has 2 N–H and O–H groups in total. The third kappa shape index (κ3) is 1.78. The summed E-state index contributed by atoms with van der Waals surface area (Å²) in [7, 11) is 1.36. The van der Waals surface area contributed by atoms with E-state index in [0.717, 1.165) is 4.88 Å². The van der Waals surface area contributed by atoms with E-state index in [9.17, 15) is 4.79 Å². The van der Waals surface area contributed by atoms with Crippen LogP contribution in [0.3, 0.4) is 0 Å². The highest BCUT2D eigenvalue weighted by atomic mass is 32.1. The van der Waals surface area contributed by atoms with Crippen LogP contribution in [0.2, 0.25) is 0 Å². The number of carbonyl (C=O) groups excluding carboxylic acids is 1. The van der Waals surface area contributed by atoms with Crippen LogP contribution < -0.4 is 5.73 Å². The first-order chi connectivity index (χ1) is 5.27. The van der Waals surface area contributed by atoms with E-state index in [1.165, 1.54) is 18.4 Å². The van der Waals surface area contributed by atoms with E-state index >= 15 is 0 Å². The number of hydrogen-bond acceptors (Lipinski definition) is 4. The molecule has 0 saturated heterocycles. The molecule has 0 radical (unpaired) electrons. The Bertz CT molecular complexity index is 257. The minimum absolute atomic E-state index is 0.305. The molecule has 0 fully saturated rings. The molecule has 1 heterocycles. The van der Waals surface area contributed by atoms with Crippen molar-refractivity contribution in [3.05, 3.63) is 21.9 Å². The van der Waals surface area contributed by atoms with E-state index < -0.39 is 0 Å². The van der Waals surface area contributed by atoms with Crippen LogP contribution in [-0.4, -0.2) is 13.1 Å². The Morgan fingerprint density at radius 1 is 1.82 bits per heavy atom. The zero-order valence-electron chi connectivity index (χ0n) is 6.16. The summed E-state index contributed by atoms with van der Waals surface area (Å²) < 4.78 is 4.52. The van der Waals surface area contributed by atoms with Crippen LogP contribution in [-0.2, 0) is 11.3 Å². The van der Waals surface area contributed by atoms with Crippen LogP contribution in [0.15, 0.2) is 11.4 Å². The van der Waals surface area contributed by atoms with E-state index in [-0.39, 0.29) is 5.97 Å². The maximum Gasteiger partial charge on any atom is 0.338 e. The topological polar surface area (TPSA) is 52.3 Å². The summed E-state index contributed by atoms with van der Waals surface area (Å²) in [4.78, 5) is 11.9. The van der Waals surface area contributed by atoms with Crippen LogP contribution in [0.25, 0.3) is 0 Å². The summed E-state index contributed by atoms with van der Waals surface area (Å²) in [5.41, 5.74) is 5.94. The highest BCUT2D eigenvalue weighted by molar-refractivity contribution is 7.10. The summed E-state index contributed by atoms with van der Waals surface area (Å²) >= 11 is 1.47. The second kappa shape index (κ2) is 3.50. The molecule has 0 aliphatic heterocycles. The van der Waals surface area contributed by atoms with Gasteiger partial charge in [0, 0.05) is 16.8 Å². The highest BCUT2D eigenvalue weighted by Gasteiger charge is 2.06. The first-order valence-electron chi connectivity index (χ1n) is 3.13. The van der Waals surface area contributed by atoms with Gasteiger partial charge in [0.05, 0.1) is 12.7 Å². The van der Waals surface area contributed by atoms with Crippen molar-refractivity contribution in [3.8, 4) is 0 Å². The molecule has 0 aliphatic rings. The molecule has 1 aromatic heterocycles. The number of esters is 1. The second-order valence-corrected chi connectivity index (χ2v) is 2.99. The Morgan fingerprint density at radius 3 is 3.00 bits per heavy atom. The average Bonchev–Trinajstić information content (AvgIpc) is 2.50. The van der Waals surface area contributed by atoms with Gasteiger partial charge in [-0.3, -0.25) is 0 Å². The number of thiophene rings is 1. The van der Waals surface area contributed by atoms with Gasteiger partial charge in [-0.05, 0) is 6.07 Å². The Balaban J connectivity index is 2.80. The number of hydrogen-bond donors (Lipinski definition) is 1. The molecule has 4 heteroatoms. The number of methoxy groups -OCH3 is 1. The monoisotopic (exact) mass is 171 g/mol. The number of rotatable bonds is 2. The first kappa shape index (κ1) is 8.23. The van der Waals surface area contributed by atoms with Crippen molar-refractivity contribution in [1.82, 2.24) is 0 Å². The molecule has 3 nitrogen and oxygen atoms in total. The Hall–Kier alpha value is -0.870. The molecule has 60 valence electrons. The average molecular weight is 171 g/mol. The van der Waals surface area contributed by atoms with Gasteiger partial charge in [-0.25, -0.2) is 4.79 Å². The highest BCUT2D eigenvalue weighted by Crippen LogP contribution is 2.14. The fourth-order valence-electron chi connectivity index (χ4n) is 0.713. The molecule has 1 aromatic rings. The Morgan fingerprint density at radius 2 is 2.55 bits per heavy atom. The molecule has 0 aliphatic carbocycles. The first-order valence-corrected chi connectivity index (χ1v) is 4.01. The predicted octanol–water partition coefficient (Wildman–Crippen LogP) is 0.993. The lowest BCUT2D eigenvalue weighted by molar-refractivity contribution is 0.0601. The largest absolute Gasteiger partial charge is 0.465 e. The number of ether oxygens (including phenoxy) is 1. The molecule has 0 amide bonds. The minimum atomic E-state index is -0.305. The normalized spacial score (nSPS) is 9.64. The summed E-state index contributed by atoms with van der Waals surface area (Å²) in [5.74, 6) is -0.305. The molecule has 0 bridgehead atoms. The SMILES string of the molecule is COC(=O)c1csc(CN)c1. The van der Waals surface area contributed by atoms with Crippen molar-refractivity contribution in [3.63, 3.8) is 0 Å². The summed E-state index contributed by atoms with van der Waals surface area (Å²) in [6.45, 7) is 0.474. The van der Waals surface area contributed by atoms with Crippen LogP contribution in [0.5, 0.6) is 0 Å². The Kier molecular flexibility index (Phi) is 2.62. The maximum atomic E-state index is 10.9. The lowest BCUT2D eigenvalue weighted by Crippen LogP contribution is -1.99. The summed E-state index contributed by atoms with van der Waals surface area (Å²) in [6.07, 6.45) is 0. The fourth-order valence-corrected chi connectivity index (χ4v) is 1.45. The van der Waals surface area contributed by atoms with E-state index in [2.05, 4.69) is 4.74 Å². The zero-order valence-corrected chi connectivity index (χ0v) is 6.98. The van der Waals surface area contributed by atoms with Crippen molar-refractivity contribution in [2.24, 2.45) is 5.73 Å². The van der Waals surface area contributed by atoms with Crippen molar-refractivity contribution in [2.75, 3.05) is 7.11 Å². The summed E-state index contributed by atoms with van der Waals surface area (Å²) in [6, 6.07) is 1.75. The third-order valence-corrected chi connectivity index (χ3v) is 2.24. The molecule has 0 saturated carbocycles. The van der Waals surface area contributed by atoms with Gasteiger partial charge in [-0.15, -0.1) is 11.3 Å². The van der Waals surface area contributed by atoms with Crippen LogP contribution in [0.4, 0.5) is 0 Å². The van der Waals surface area contributed by atoms with Gasteiger partial charge in [0.25, 0.3) is 0 Å². The van der Waals surface area contributed by atoms with Crippen molar-refractivity contribution >= 4 is 17.3 Å². The quantitative estimate of drug-likeness (QED) is 0.675. The molecule has 11 heavy (non-hydrogen) atoms. The number of nitrogens with two attached hydrogens (primary N) is 1. The molecule has 0 unspecified atom stereocenters. The molecular weight excluding hydrogens is 162 g/mol. The second-order valence-electron chi connectivity index (χ2n) is 2.00. The van der Waals surface area contributed by atoms with E-state index in [1.807, 2.05) is 0 Å². The van der Waals surface area contributed by atoms with Gasteiger partial charge in [0.15, 0.2) is 0 Å². The standard InChI is InChI=1S/C7H9NO2S/c1-10-7(9)5-2-6(3-8)11-4-5/h2,4H,3,8H2,1H3.